The van der Waals surface area contributed by atoms with E-state index in [-0.39, 0.29) is 10.7 Å². The number of thiocarbonyl (C=S) groups is 1. The van der Waals surface area contributed by atoms with Crippen molar-refractivity contribution in [2.75, 3.05) is 4.90 Å². The molecule has 1 saturated heterocycles. The van der Waals surface area contributed by atoms with Gasteiger partial charge in [0.1, 0.15) is 5.57 Å². The van der Waals surface area contributed by atoms with Crippen LogP contribution in [-0.4, -0.2) is 16.9 Å². The predicted octanol–water partition coefficient (Wildman–Crippen LogP) is 6.02. The number of carbonyl (C=O) groups excluding carboxylic acids is 2. The van der Waals surface area contributed by atoms with Crippen molar-refractivity contribution in [1.29, 1.82) is 0 Å². The first-order chi connectivity index (χ1) is 16.5. The lowest BCUT2D eigenvalue weighted by Gasteiger charge is -2.29. The summed E-state index contributed by atoms with van der Waals surface area (Å²) in [5.74, 6) is -0.943. The molecule has 0 aliphatic carbocycles. The maximum Gasteiger partial charge on any atom is 0.270 e. The summed E-state index contributed by atoms with van der Waals surface area (Å²) in [5, 5.41) is 4.75. The van der Waals surface area contributed by atoms with Gasteiger partial charge in [0.05, 0.1) is 5.69 Å². The number of nitrogens with zero attached hydrogens (tertiary/aromatic N) is 1. The van der Waals surface area contributed by atoms with Gasteiger partial charge in [-0.05, 0) is 70.4 Å². The fourth-order valence-electron chi connectivity index (χ4n) is 4.13. The summed E-state index contributed by atoms with van der Waals surface area (Å²) >= 11 is 8.96. The molecular weight excluding hydrogens is 508 g/mol. The van der Waals surface area contributed by atoms with E-state index in [1.165, 1.54) is 4.90 Å². The Morgan fingerprint density at radius 1 is 0.824 bits per heavy atom. The molecule has 4 nitrogen and oxygen atoms in total. The molecule has 2 amide bonds. The molecule has 0 atom stereocenters. The predicted molar refractivity (Wildman–Crippen MR) is 144 cm³/mol. The Morgan fingerprint density at radius 2 is 1.53 bits per heavy atom. The molecule has 1 aliphatic heterocycles. The van der Waals surface area contributed by atoms with Crippen molar-refractivity contribution in [3.8, 4) is 0 Å². The van der Waals surface area contributed by atoms with Gasteiger partial charge in [-0.25, -0.2) is 0 Å². The maximum atomic E-state index is 13.5. The minimum Gasteiger partial charge on any atom is -0.298 e. The molecule has 0 radical (unpaired) electrons. The SMILES string of the molecule is O=C1NC(=S)N(c2ccccc2)C(=O)/C1=C\c1c(Cc2ccccc2Br)ccc2ccccc12. The summed E-state index contributed by atoms with van der Waals surface area (Å²) in [7, 11) is 0. The molecule has 6 heteroatoms. The van der Waals surface area contributed by atoms with Gasteiger partial charge < -0.3 is 0 Å². The van der Waals surface area contributed by atoms with E-state index in [2.05, 4.69) is 39.4 Å². The van der Waals surface area contributed by atoms with Crippen molar-refractivity contribution in [2.45, 2.75) is 6.42 Å². The number of benzene rings is 4. The van der Waals surface area contributed by atoms with Gasteiger partial charge in [-0.1, -0.05) is 88.7 Å². The first kappa shape index (κ1) is 22.2. The second-order valence-electron chi connectivity index (χ2n) is 7.92. The van der Waals surface area contributed by atoms with Crippen LogP contribution in [0.25, 0.3) is 16.8 Å². The van der Waals surface area contributed by atoms with Gasteiger partial charge in [0.25, 0.3) is 11.8 Å². The second kappa shape index (κ2) is 9.33. The number of halogens is 1. The fraction of sp³-hybridized carbons (Fsp3) is 0.0357. The fourth-order valence-corrected chi connectivity index (χ4v) is 4.83. The van der Waals surface area contributed by atoms with Crippen LogP contribution in [-0.2, 0) is 16.0 Å². The molecule has 1 heterocycles. The Morgan fingerprint density at radius 3 is 2.32 bits per heavy atom. The Hall–Kier alpha value is -3.61. The standard InChI is InChI=1S/C28H19BrN2O2S/c29-25-13-7-5-9-20(25)16-19-15-14-18-8-4-6-12-22(18)23(19)17-24-26(32)30-28(34)31(27(24)33)21-10-2-1-3-11-21/h1-15,17H,16H2,(H,30,32,34)/b24-17-. The molecule has 1 aliphatic rings. The Bertz CT molecular complexity index is 1480. The molecule has 0 saturated carbocycles. The second-order valence-corrected chi connectivity index (χ2v) is 9.16. The third kappa shape index (κ3) is 4.18. The van der Waals surface area contributed by atoms with Crippen molar-refractivity contribution in [2.24, 2.45) is 0 Å². The first-order valence-corrected chi connectivity index (χ1v) is 11.9. The van der Waals surface area contributed by atoms with Crippen molar-refractivity contribution in [3.63, 3.8) is 0 Å². The molecule has 0 aromatic heterocycles. The highest BCUT2D eigenvalue weighted by Gasteiger charge is 2.34. The minimum atomic E-state index is -0.498. The monoisotopic (exact) mass is 526 g/mol. The molecule has 4 aromatic rings. The molecule has 0 bridgehead atoms. The van der Waals surface area contributed by atoms with Crippen LogP contribution in [0.1, 0.15) is 16.7 Å². The average molecular weight is 527 g/mol. The van der Waals surface area contributed by atoms with Crippen molar-refractivity contribution >= 4 is 67.6 Å². The van der Waals surface area contributed by atoms with E-state index in [0.717, 1.165) is 31.9 Å². The maximum absolute atomic E-state index is 13.5. The molecule has 166 valence electrons. The highest BCUT2D eigenvalue weighted by molar-refractivity contribution is 9.10. The van der Waals surface area contributed by atoms with Crippen LogP contribution in [0, 0.1) is 0 Å². The highest BCUT2D eigenvalue weighted by Crippen LogP contribution is 2.30. The van der Waals surface area contributed by atoms with Gasteiger partial charge >= 0.3 is 0 Å². The van der Waals surface area contributed by atoms with Crippen LogP contribution in [0.15, 0.2) is 101 Å². The third-order valence-corrected chi connectivity index (χ3v) is 6.86. The van der Waals surface area contributed by atoms with E-state index in [9.17, 15) is 9.59 Å². The normalized spacial score (nSPS) is 15.1. The van der Waals surface area contributed by atoms with Gasteiger partial charge in [-0.3, -0.25) is 19.8 Å². The van der Waals surface area contributed by atoms with Gasteiger partial charge in [0.15, 0.2) is 5.11 Å². The van der Waals surface area contributed by atoms with Crippen LogP contribution in [0.3, 0.4) is 0 Å². The van der Waals surface area contributed by atoms with Crippen molar-refractivity contribution < 1.29 is 9.59 Å². The zero-order chi connectivity index (χ0) is 23.7. The smallest absolute Gasteiger partial charge is 0.270 e. The van der Waals surface area contributed by atoms with Gasteiger partial charge in [-0.15, -0.1) is 0 Å². The number of fused-ring (bicyclic) bond motifs is 1. The average Bonchev–Trinajstić information content (AvgIpc) is 2.84. The van der Waals surface area contributed by atoms with Gasteiger partial charge in [0, 0.05) is 4.47 Å². The topological polar surface area (TPSA) is 49.4 Å². The summed E-state index contributed by atoms with van der Waals surface area (Å²) in [6.45, 7) is 0. The summed E-state index contributed by atoms with van der Waals surface area (Å²) in [4.78, 5) is 27.8. The van der Waals surface area contributed by atoms with E-state index in [0.29, 0.717) is 12.1 Å². The Balaban J connectivity index is 1.66. The number of carbonyl (C=O) groups is 2. The first-order valence-electron chi connectivity index (χ1n) is 10.7. The number of nitrogens with one attached hydrogen (secondary N) is 1. The number of hydrogen-bond acceptors (Lipinski definition) is 3. The third-order valence-electron chi connectivity index (χ3n) is 5.80. The molecule has 0 spiro atoms. The van der Waals surface area contributed by atoms with Crippen molar-refractivity contribution in [1.82, 2.24) is 5.32 Å². The van der Waals surface area contributed by atoms with Crippen LogP contribution < -0.4 is 10.2 Å². The number of para-hydroxylation sites is 1. The van der Waals surface area contributed by atoms with Crippen molar-refractivity contribution in [3.05, 3.63) is 118 Å². The van der Waals surface area contributed by atoms with E-state index in [4.69, 9.17) is 12.2 Å². The lowest BCUT2D eigenvalue weighted by molar-refractivity contribution is -0.122. The van der Waals surface area contributed by atoms with E-state index in [1.54, 1.807) is 18.2 Å². The van der Waals surface area contributed by atoms with Crippen LogP contribution >= 0.6 is 28.1 Å². The number of rotatable bonds is 4. The number of amides is 2. The lowest BCUT2D eigenvalue weighted by atomic mass is 9.92. The molecule has 1 N–H and O–H groups in total. The largest absolute Gasteiger partial charge is 0.298 e. The summed E-state index contributed by atoms with van der Waals surface area (Å²) < 4.78 is 1.01. The number of hydrogen-bond donors (Lipinski definition) is 1. The lowest BCUT2D eigenvalue weighted by Crippen LogP contribution is -2.54. The van der Waals surface area contributed by atoms with E-state index < -0.39 is 11.8 Å². The van der Waals surface area contributed by atoms with Crippen LogP contribution in [0.5, 0.6) is 0 Å². The summed E-state index contributed by atoms with van der Waals surface area (Å²) in [5.41, 5.74) is 3.62. The zero-order valence-corrected chi connectivity index (χ0v) is 20.4. The summed E-state index contributed by atoms with van der Waals surface area (Å²) in [6.07, 6.45) is 2.34. The van der Waals surface area contributed by atoms with E-state index in [1.807, 2.05) is 60.7 Å². The Labute approximate surface area is 211 Å². The molecular formula is C28H19BrN2O2S. The quantitative estimate of drug-likeness (QED) is 0.201. The molecule has 5 rings (SSSR count). The Kier molecular flexibility index (Phi) is 6.09. The van der Waals surface area contributed by atoms with E-state index >= 15 is 0 Å². The summed E-state index contributed by atoms with van der Waals surface area (Å²) in [6, 6.07) is 29.2. The molecule has 34 heavy (non-hydrogen) atoms. The number of anilines is 1. The molecule has 4 aromatic carbocycles. The van der Waals surface area contributed by atoms with Gasteiger partial charge in [-0.2, -0.15) is 0 Å². The van der Waals surface area contributed by atoms with Gasteiger partial charge in [0.2, 0.25) is 0 Å². The highest BCUT2D eigenvalue weighted by atomic mass is 79.9. The molecule has 0 unspecified atom stereocenters. The van der Waals surface area contributed by atoms with Crippen LogP contribution in [0.2, 0.25) is 0 Å². The minimum absolute atomic E-state index is 0.0437. The zero-order valence-electron chi connectivity index (χ0n) is 18.0. The van der Waals surface area contributed by atoms with Crippen LogP contribution in [0.4, 0.5) is 5.69 Å². The molecule has 1 fully saturated rings.